The number of allylic oxidation sites excluding steroid dienone is 4. The highest BCUT2D eigenvalue weighted by Gasteiger charge is 2.11. The van der Waals surface area contributed by atoms with Gasteiger partial charge in [-0.2, -0.15) is 0 Å². The molecule has 0 fully saturated rings. The summed E-state index contributed by atoms with van der Waals surface area (Å²) < 4.78 is 0. The zero-order valence-corrected chi connectivity index (χ0v) is 27.1. The molecular weight excluding hydrogens is 553 g/mol. The first kappa shape index (κ1) is 30.6. The Morgan fingerprint density at radius 1 is 0.522 bits per heavy atom. The van der Waals surface area contributed by atoms with Crippen molar-refractivity contribution >= 4 is 64.6 Å². The maximum Gasteiger partial charge on any atom is -0.00194 e. The summed E-state index contributed by atoms with van der Waals surface area (Å²) in [6.45, 7) is 6.17. The molecule has 0 unspecified atom stereocenters. The van der Waals surface area contributed by atoms with Crippen LogP contribution in [-0.4, -0.2) is 0 Å². The van der Waals surface area contributed by atoms with Gasteiger partial charge < -0.3 is 0 Å². The third-order valence-corrected chi connectivity index (χ3v) is 8.96. The van der Waals surface area contributed by atoms with Gasteiger partial charge in [-0.3, -0.25) is 0 Å². The molecule has 0 nitrogen and oxygen atoms in total. The standard InChI is InChI=1S/C35H22.C7H10.C2H6.C2H2/c1-2-5-27-19-32-21-30-17-22(8-9-28(30)20-31(32)18-26(27)4-1)16-29-13-12-25-11-10-23-6-3-7-24-14-15-33(29)35(25)34(23)24;1-7-5-3-2-4-6-7;2*1-2/h1-15,17-21H,16H2;2-3,5H,4,6H2,1H3;1-2H3;1-2H. The molecule has 46 heavy (non-hydrogen) atoms. The molecule has 0 saturated carbocycles. The summed E-state index contributed by atoms with van der Waals surface area (Å²) in [5.74, 6) is 0. The number of hydrogen-bond acceptors (Lipinski definition) is 0. The summed E-state index contributed by atoms with van der Waals surface area (Å²) >= 11 is 0. The van der Waals surface area contributed by atoms with E-state index in [9.17, 15) is 0 Å². The second-order valence-corrected chi connectivity index (χ2v) is 11.8. The molecule has 1 aliphatic carbocycles. The maximum absolute atomic E-state index is 4.00. The summed E-state index contributed by atoms with van der Waals surface area (Å²) in [6.07, 6.45) is 17.9. The van der Waals surface area contributed by atoms with E-state index in [2.05, 4.69) is 159 Å². The van der Waals surface area contributed by atoms with Crippen LogP contribution in [0.15, 0.2) is 145 Å². The van der Waals surface area contributed by atoms with Gasteiger partial charge in [-0.05, 0) is 126 Å². The smallest absolute Gasteiger partial charge is 0.00194 e. The molecule has 1 aliphatic rings. The molecule has 0 amide bonds. The van der Waals surface area contributed by atoms with Crippen LogP contribution in [0, 0.1) is 12.8 Å². The molecule has 0 aliphatic heterocycles. The fourth-order valence-corrected chi connectivity index (χ4v) is 6.74. The van der Waals surface area contributed by atoms with Crippen molar-refractivity contribution in [3.63, 3.8) is 0 Å². The number of benzene rings is 8. The van der Waals surface area contributed by atoms with E-state index in [1.54, 1.807) is 0 Å². The molecule has 9 rings (SSSR count). The van der Waals surface area contributed by atoms with Crippen molar-refractivity contribution in [2.24, 2.45) is 0 Å². The normalized spacial score (nSPS) is 12.3. The molecule has 0 saturated heterocycles. The van der Waals surface area contributed by atoms with Crippen molar-refractivity contribution < 1.29 is 0 Å². The fourth-order valence-electron chi connectivity index (χ4n) is 6.74. The van der Waals surface area contributed by atoms with E-state index in [1.165, 1.54) is 94.2 Å². The first-order chi connectivity index (χ1) is 22.7. The van der Waals surface area contributed by atoms with Crippen molar-refractivity contribution in [2.75, 3.05) is 0 Å². The van der Waals surface area contributed by atoms with Gasteiger partial charge in [0.25, 0.3) is 0 Å². The largest absolute Gasteiger partial charge is 0.124 e. The molecule has 0 atom stereocenters. The summed E-state index contributed by atoms with van der Waals surface area (Å²) in [7, 11) is 0. The molecule has 0 heteroatoms. The Morgan fingerprint density at radius 3 is 1.65 bits per heavy atom. The minimum Gasteiger partial charge on any atom is -0.124 e. The van der Waals surface area contributed by atoms with E-state index in [4.69, 9.17) is 0 Å². The van der Waals surface area contributed by atoms with Gasteiger partial charge in [-0.25, -0.2) is 0 Å². The third kappa shape index (κ3) is 5.98. The molecule has 8 aromatic rings. The first-order valence-electron chi connectivity index (χ1n) is 16.4. The van der Waals surface area contributed by atoms with Gasteiger partial charge in [0.1, 0.15) is 0 Å². The second-order valence-electron chi connectivity index (χ2n) is 11.8. The van der Waals surface area contributed by atoms with Crippen molar-refractivity contribution in [1.82, 2.24) is 0 Å². The molecular formula is C46H40. The van der Waals surface area contributed by atoms with Crippen LogP contribution in [0.2, 0.25) is 0 Å². The first-order valence-corrected chi connectivity index (χ1v) is 16.4. The van der Waals surface area contributed by atoms with Crippen LogP contribution in [0.25, 0.3) is 64.6 Å². The summed E-state index contributed by atoms with van der Waals surface area (Å²) in [5, 5.41) is 15.9. The van der Waals surface area contributed by atoms with Crippen molar-refractivity contribution in [2.45, 2.75) is 40.0 Å². The third-order valence-electron chi connectivity index (χ3n) is 8.96. The molecule has 0 radical (unpaired) electrons. The average Bonchev–Trinajstić information content (AvgIpc) is 3.12. The predicted octanol–water partition coefficient (Wildman–Crippen LogP) is 13.2. The van der Waals surface area contributed by atoms with Crippen LogP contribution in [0.5, 0.6) is 0 Å². The maximum atomic E-state index is 4.00. The van der Waals surface area contributed by atoms with Crippen molar-refractivity contribution in [3.8, 4) is 12.8 Å². The van der Waals surface area contributed by atoms with Crippen LogP contribution >= 0.6 is 0 Å². The summed E-state index contributed by atoms with van der Waals surface area (Å²) in [4.78, 5) is 0. The highest BCUT2D eigenvalue weighted by molar-refractivity contribution is 6.23. The average molecular weight is 593 g/mol. The van der Waals surface area contributed by atoms with E-state index >= 15 is 0 Å². The van der Waals surface area contributed by atoms with Gasteiger partial charge >= 0.3 is 0 Å². The molecule has 0 aromatic heterocycles. The Hall–Kier alpha value is -5.38. The van der Waals surface area contributed by atoms with Crippen molar-refractivity contribution in [1.29, 1.82) is 0 Å². The monoisotopic (exact) mass is 592 g/mol. The lowest BCUT2D eigenvalue weighted by Gasteiger charge is -2.14. The van der Waals surface area contributed by atoms with E-state index < -0.39 is 0 Å². The second kappa shape index (κ2) is 13.7. The highest BCUT2D eigenvalue weighted by atomic mass is 14.2. The van der Waals surface area contributed by atoms with Crippen LogP contribution in [0.4, 0.5) is 0 Å². The van der Waals surface area contributed by atoms with E-state index in [1.807, 2.05) is 13.8 Å². The molecule has 224 valence electrons. The summed E-state index contributed by atoms with van der Waals surface area (Å²) in [5.41, 5.74) is 4.25. The van der Waals surface area contributed by atoms with Crippen LogP contribution in [0.3, 0.4) is 0 Å². The number of hydrogen-bond donors (Lipinski definition) is 0. The SMILES string of the molecule is C#C.CC.CC1=CC=CCC1.c1ccc2cc3cc4cc(Cc5ccc6ccc7cccc8ccc5c6c78)ccc4cc3cc2c1. The Morgan fingerprint density at radius 2 is 1.04 bits per heavy atom. The summed E-state index contributed by atoms with van der Waals surface area (Å²) in [6, 6.07) is 45.2. The Balaban J connectivity index is 0.000000295. The van der Waals surface area contributed by atoms with Gasteiger partial charge in [0.15, 0.2) is 0 Å². The predicted molar refractivity (Wildman–Crippen MR) is 205 cm³/mol. The quantitative estimate of drug-likeness (QED) is 0.106. The fraction of sp³-hybridized carbons (Fsp3) is 0.130. The molecule has 0 heterocycles. The van der Waals surface area contributed by atoms with E-state index in [-0.39, 0.29) is 0 Å². The van der Waals surface area contributed by atoms with Crippen LogP contribution < -0.4 is 0 Å². The van der Waals surface area contributed by atoms with Crippen LogP contribution in [-0.2, 0) is 6.42 Å². The van der Waals surface area contributed by atoms with Gasteiger partial charge in [-0.15, -0.1) is 12.8 Å². The molecule has 0 bridgehead atoms. The number of fused-ring (bicyclic) bond motifs is 3. The van der Waals surface area contributed by atoms with Gasteiger partial charge in [0.05, 0.1) is 0 Å². The molecule has 0 N–H and O–H groups in total. The lowest BCUT2D eigenvalue weighted by molar-refractivity contribution is 0.962. The lowest BCUT2D eigenvalue weighted by atomic mass is 9.90. The Bertz CT molecular complexity index is 2360. The van der Waals surface area contributed by atoms with Crippen LogP contribution in [0.1, 0.15) is 44.7 Å². The van der Waals surface area contributed by atoms with Gasteiger partial charge in [-0.1, -0.05) is 135 Å². The minimum atomic E-state index is 0.930. The Labute approximate surface area is 273 Å². The zero-order valence-electron chi connectivity index (χ0n) is 27.1. The Kier molecular flexibility index (Phi) is 9.14. The minimum absolute atomic E-state index is 0.930. The number of terminal acetylenes is 1. The zero-order chi connectivity index (χ0) is 32.0. The van der Waals surface area contributed by atoms with E-state index in [0.29, 0.717) is 0 Å². The number of rotatable bonds is 2. The highest BCUT2D eigenvalue weighted by Crippen LogP contribution is 2.37. The lowest BCUT2D eigenvalue weighted by Crippen LogP contribution is -1.92. The van der Waals surface area contributed by atoms with E-state index in [0.717, 1.165) is 6.42 Å². The topological polar surface area (TPSA) is 0 Å². The van der Waals surface area contributed by atoms with Crippen molar-refractivity contribution in [3.05, 3.63) is 156 Å². The molecule has 0 spiro atoms. The van der Waals surface area contributed by atoms with Gasteiger partial charge in [0, 0.05) is 0 Å². The molecule has 8 aromatic carbocycles. The van der Waals surface area contributed by atoms with Gasteiger partial charge in [0.2, 0.25) is 0 Å².